The first-order valence-corrected chi connectivity index (χ1v) is 10.3. The Bertz CT molecular complexity index is 749. The molecule has 2 aromatic carbocycles. The summed E-state index contributed by atoms with van der Waals surface area (Å²) in [6.07, 6.45) is -0.0332. The predicted octanol–water partition coefficient (Wildman–Crippen LogP) is 2.07. The van der Waals surface area contributed by atoms with Crippen molar-refractivity contribution in [1.82, 2.24) is 10.2 Å². The molecule has 1 heterocycles. The number of aliphatic hydroxyl groups excluding tert-OH is 1. The van der Waals surface area contributed by atoms with E-state index in [0.29, 0.717) is 13.2 Å². The van der Waals surface area contributed by atoms with Crippen molar-refractivity contribution in [2.45, 2.75) is 37.3 Å². The molecule has 1 saturated carbocycles. The maximum absolute atomic E-state index is 11.1. The summed E-state index contributed by atoms with van der Waals surface area (Å²) < 4.78 is 16.9. The lowest BCUT2D eigenvalue weighted by Crippen LogP contribution is -2.55. The molecule has 1 saturated heterocycles. The third-order valence-electron chi connectivity index (χ3n) is 5.85. The first-order valence-electron chi connectivity index (χ1n) is 10.3. The van der Waals surface area contributed by atoms with Crippen LogP contribution in [0.15, 0.2) is 54.6 Å². The standard InChI is InChI=1S/C23H30N2O4/c1-27-18-9-7-17(8-10-18)16-24-20-15-21(29-19-5-3-2-4-6-19)23(26)22(20)25-11-13-28-14-12-25/h2-10,20-24,26H,11-16H2,1H3/t20-,21-,22+,23+/m1/s1. The Hall–Kier alpha value is -2.12. The lowest BCUT2D eigenvalue weighted by molar-refractivity contribution is -0.0355. The van der Waals surface area contributed by atoms with Gasteiger partial charge in [0.1, 0.15) is 23.7 Å². The van der Waals surface area contributed by atoms with Gasteiger partial charge in [-0.1, -0.05) is 30.3 Å². The molecule has 6 nitrogen and oxygen atoms in total. The van der Waals surface area contributed by atoms with E-state index in [4.69, 9.17) is 14.2 Å². The van der Waals surface area contributed by atoms with Gasteiger partial charge in [0.15, 0.2) is 0 Å². The highest BCUT2D eigenvalue weighted by molar-refractivity contribution is 5.27. The number of ether oxygens (including phenoxy) is 3. The molecule has 6 heteroatoms. The van der Waals surface area contributed by atoms with Gasteiger partial charge in [-0.05, 0) is 29.8 Å². The lowest BCUT2D eigenvalue weighted by Gasteiger charge is -2.37. The molecular formula is C23H30N2O4. The van der Waals surface area contributed by atoms with Crippen LogP contribution >= 0.6 is 0 Å². The minimum Gasteiger partial charge on any atom is -0.497 e. The van der Waals surface area contributed by atoms with Crippen molar-refractivity contribution in [3.05, 3.63) is 60.2 Å². The molecule has 29 heavy (non-hydrogen) atoms. The molecule has 4 atom stereocenters. The van der Waals surface area contributed by atoms with Crippen LogP contribution in [0, 0.1) is 0 Å². The molecule has 0 amide bonds. The van der Waals surface area contributed by atoms with Gasteiger partial charge in [0.2, 0.25) is 0 Å². The van der Waals surface area contributed by atoms with Gasteiger partial charge in [0, 0.05) is 32.1 Å². The molecule has 2 aromatic rings. The minimum absolute atomic E-state index is 0.00543. The monoisotopic (exact) mass is 398 g/mol. The van der Waals surface area contributed by atoms with Crippen LogP contribution < -0.4 is 14.8 Å². The Morgan fingerprint density at radius 1 is 1.03 bits per heavy atom. The van der Waals surface area contributed by atoms with Crippen LogP contribution in [0.1, 0.15) is 12.0 Å². The first-order chi connectivity index (χ1) is 14.2. The highest BCUT2D eigenvalue weighted by atomic mass is 16.5. The summed E-state index contributed by atoms with van der Waals surface area (Å²) in [7, 11) is 1.67. The molecule has 0 unspecified atom stereocenters. The van der Waals surface area contributed by atoms with Crippen LogP contribution in [0.3, 0.4) is 0 Å². The smallest absolute Gasteiger partial charge is 0.128 e. The quantitative estimate of drug-likeness (QED) is 0.745. The highest BCUT2D eigenvalue weighted by Crippen LogP contribution is 2.30. The van der Waals surface area contributed by atoms with Crippen LogP contribution in [-0.2, 0) is 11.3 Å². The van der Waals surface area contributed by atoms with Crippen LogP contribution in [-0.4, -0.2) is 67.7 Å². The Balaban J connectivity index is 1.45. The predicted molar refractivity (Wildman–Crippen MR) is 111 cm³/mol. The third-order valence-corrected chi connectivity index (χ3v) is 5.85. The zero-order valence-corrected chi connectivity index (χ0v) is 16.9. The molecule has 1 aliphatic carbocycles. The molecule has 2 aliphatic rings. The van der Waals surface area contributed by atoms with Crippen molar-refractivity contribution < 1.29 is 19.3 Å². The van der Waals surface area contributed by atoms with E-state index in [-0.39, 0.29) is 18.2 Å². The van der Waals surface area contributed by atoms with E-state index in [1.165, 1.54) is 5.56 Å². The Morgan fingerprint density at radius 3 is 2.45 bits per heavy atom. The van der Waals surface area contributed by atoms with E-state index in [1.807, 2.05) is 42.5 Å². The van der Waals surface area contributed by atoms with Gasteiger partial charge < -0.3 is 24.6 Å². The fraction of sp³-hybridized carbons (Fsp3) is 0.478. The summed E-state index contributed by atoms with van der Waals surface area (Å²) in [6.45, 7) is 3.82. The highest BCUT2D eigenvalue weighted by Gasteiger charge is 2.46. The summed E-state index contributed by atoms with van der Waals surface area (Å²) in [5.74, 6) is 1.65. The number of hydrogen-bond acceptors (Lipinski definition) is 6. The van der Waals surface area contributed by atoms with Gasteiger partial charge in [-0.3, -0.25) is 4.90 Å². The normalized spacial score (nSPS) is 27.7. The molecule has 0 spiro atoms. The Morgan fingerprint density at radius 2 is 1.76 bits per heavy atom. The van der Waals surface area contributed by atoms with E-state index in [0.717, 1.165) is 37.6 Å². The van der Waals surface area contributed by atoms with Crippen LogP contribution in [0.5, 0.6) is 11.5 Å². The molecule has 0 aromatic heterocycles. The maximum Gasteiger partial charge on any atom is 0.128 e. The lowest BCUT2D eigenvalue weighted by atomic mass is 10.1. The van der Waals surface area contributed by atoms with Gasteiger partial charge >= 0.3 is 0 Å². The van der Waals surface area contributed by atoms with Crippen molar-refractivity contribution in [2.75, 3.05) is 33.4 Å². The van der Waals surface area contributed by atoms with Crippen molar-refractivity contribution in [2.24, 2.45) is 0 Å². The largest absolute Gasteiger partial charge is 0.497 e. The molecule has 2 fully saturated rings. The molecular weight excluding hydrogens is 368 g/mol. The number of hydrogen-bond donors (Lipinski definition) is 2. The molecule has 0 bridgehead atoms. The summed E-state index contributed by atoms with van der Waals surface area (Å²) in [5, 5.41) is 14.8. The van der Waals surface area contributed by atoms with E-state index in [2.05, 4.69) is 22.3 Å². The van der Waals surface area contributed by atoms with E-state index < -0.39 is 6.10 Å². The van der Waals surface area contributed by atoms with Gasteiger partial charge in [0.25, 0.3) is 0 Å². The van der Waals surface area contributed by atoms with Gasteiger partial charge in [-0.2, -0.15) is 0 Å². The van der Waals surface area contributed by atoms with Crippen molar-refractivity contribution in [3.8, 4) is 11.5 Å². The van der Waals surface area contributed by atoms with Crippen molar-refractivity contribution in [3.63, 3.8) is 0 Å². The summed E-state index contributed by atoms with van der Waals surface area (Å²) in [4.78, 5) is 2.34. The third kappa shape index (κ3) is 4.90. The zero-order chi connectivity index (χ0) is 20.1. The van der Waals surface area contributed by atoms with Gasteiger partial charge in [0.05, 0.1) is 26.4 Å². The first kappa shape index (κ1) is 20.2. The fourth-order valence-corrected chi connectivity index (χ4v) is 4.32. The average molecular weight is 399 g/mol. The van der Waals surface area contributed by atoms with Crippen molar-refractivity contribution >= 4 is 0 Å². The van der Waals surface area contributed by atoms with E-state index in [9.17, 15) is 5.11 Å². The number of rotatable bonds is 7. The maximum atomic E-state index is 11.1. The average Bonchev–Trinajstić information content (AvgIpc) is 3.09. The summed E-state index contributed by atoms with van der Waals surface area (Å²) >= 11 is 0. The molecule has 0 radical (unpaired) electrons. The SMILES string of the molecule is COc1ccc(CN[C@@H]2C[C@@H](Oc3ccccc3)[C@H](O)[C@H]2N2CCOCC2)cc1. The van der Waals surface area contributed by atoms with E-state index >= 15 is 0 Å². The second-order valence-electron chi connectivity index (χ2n) is 7.67. The summed E-state index contributed by atoms with van der Waals surface area (Å²) in [5.41, 5.74) is 1.19. The molecule has 4 rings (SSSR count). The van der Waals surface area contributed by atoms with E-state index in [1.54, 1.807) is 7.11 Å². The fourth-order valence-electron chi connectivity index (χ4n) is 4.32. The number of benzene rings is 2. The molecule has 1 aliphatic heterocycles. The number of aliphatic hydroxyl groups is 1. The number of morpholine rings is 1. The number of para-hydroxylation sites is 1. The molecule has 156 valence electrons. The van der Waals surface area contributed by atoms with Crippen molar-refractivity contribution in [1.29, 1.82) is 0 Å². The van der Waals surface area contributed by atoms with Crippen LogP contribution in [0.4, 0.5) is 0 Å². The van der Waals surface area contributed by atoms with Crippen LogP contribution in [0.2, 0.25) is 0 Å². The minimum atomic E-state index is -0.554. The second kappa shape index (κ2) is 9.59. The Labute approximate surface area is 172 Å². The number of nitrogens with one attached hydrogen (secondary N) is 1. The number of methoxy groups -OCH3 is 1. The molecule has 2 N–H and O–H groups in total. The van der Waals surface area contributed by atoms with Gasteiger partial charge in [-0.25, -0.2) is 0 Å². The van der Waals surface area contributed by atoms with Gasteiger partial charge in [-0.15, -0.1) is 0 Å². The topological polar surface area (TPSA) is 63.2 Å². The Kier molecular flexibility index (Phi) is 6.67. The number of nitrogens with zero attached hydrogens (tertiary/aromatic N) is 1. The van der Waals surface area contributed by atoms with Crippen LogP contribution in [0.25, 0.3) is 0 Å². The zero-order valence-electron chi connectivity index (χ0n) is 16.9. The summed E-state index contributed by atoms with van der Waals surface area (Å²) in [6, 6.07) is 18.0. The second-order valence-corrected chi connectivity index (χ2v) is 7.67.